The second-order valence-electron chi connectivity index (χ2n) is 4.83. The maximum Gasteiger partial charge on any atom is 0.341 e. The van der Waals surface area contributed by atoms with Crippen molar-refractivity contribution in [3.05, 3.63) is 52.5 Å². The number of anilines is 1. The highest BCUT2D eigenvalue weighted by Gasteiger charge is 2.20. The topological polar surface area (TPSA) is 136 Å². The van der Waals surface area contributed by atoms with Gasteiger partial charge < -0.3 is 15.6 Å². The number of benzene rings is 2. The molecule has 0 aromatic heterocycles. The van der Waals surface area contributed by atoms with Crippen LogP contribution in [-0.4, -0.2) is 32.5 Å². The summed E-state index contributed by atoms with van der Waals surface area (Å²) in [6.07, 6.45) is 0. The van der Waals surface area contributed by atoms with Crippen molar-refractivity contribution in [2.24, 2.45) is 5.73 Å². The van der Waals surface area contributed by atoms with Gasteiger partial charge in [0.1, 0.15) is 11.3 Å². The van der Waals surface area contributed by atoms with Gasteiger partial charge in [-0.2, -0.15) is 0 Å². The first-order valence-corrected chi connectivity index (χ1v) is 8.55. The average Bonchev–Trinajstić information content (AvgIpc) is 2.53. The molecule has 0 radical (unpaired) electrons. The Morgan fingerprint density at radius 3 is 2.40 bits per heavy atom. The number of nitrogens with two attached hydrogens (primary N) is 1. The minimum Gasteiger partial charge on any atom is -0.507 e. The summed E-state index contributed by atoms with van der Waals surface area (Å²) in [6, 6.07) is 6.96. The van der Waals surface area contributed by atoms with E-state index in [1.165, 1.54) is 18.2 Å². The van der Waals surface area contributed by atoms with Crippen LogP contribution < -0.4 is 10.5 Å². The lowest BCUT2D eigenvalue weighted by Gasteiger charge is -2.11. The first-order chi connectivity index (χ1) is 11.7. The summed E-state index contributed by atoms with van der Waals surface area (Å²) in [5.74, 6) is -2.05. The van der Waals surface area contributed by atoms with Crippen molar-refractivity contribution in [3.63, 3.8) is 0 Å². The standard InChI is InChI=1S/C15H13ClN2O6S/c1-24-15(21)11-7-9(3-5-13(11)19)25(22,23)18-8-2-4-10(14(17)20)12(16)6-8/h2-7,18-19H,1H3,(H2,17,20). The minimum atomic E-state index is -4.09. The number of hydrogen-bond donors (Lipinski definition) is 3. The molecule has 0 unspecified atom stereocenters. The van der Waals surface area contributed by atoms with Crippen molar-refractivity contribution in [1.29, 1.82) is 0 Å². The van der Waals surface area contributed by atoms with Gasteiger partial charge in [-0.3, -0.25) is 9.52 Å². The summed E-state index contributed by atoms with van der Waals surface area (Å²) in [6.45, 7) is 0. The van der Waals surface area contributed by atoms with Crippen molar-refractivity contribution in [3.8, 4) is 5.75 Å². The fourth-order valence-corrected chi connectivity index (χ4v) is 3.30. The smallest absolute Gasteiger partial charge is 0.341 e. The van der Waals surface area contributed by atoms with Crippen molar-refractivity contribution in [2.75, 3.05) is 11.8 Å². The molecule has 0 aliphatic heterocycles. The van der Waals surface area contributed by atoms with Crippen LogP contribution in [0.4, 0.5) is 5.69 Å². The number of primary amides is 1. The Kier molecular flexibility index (Phi) is 5.19. The summed E-state index contributed by atoms with van der Waals surface area (Å²) in [5, 5.41) is 9.61. The lowest BCUT2D eigenvalue weighted by atomic mass is 10.2. The number of sulfonamides is 1. The first-order valence-electron chi connectivity index (χ1n) is 6.69. The Bertz CT molecular complexity index is 958. The fraction of sp³-hybridized carbons (Fsp3) is 0.0667. The van der Waals surface area contributed by atoms with E-state index in [9.17, 15) is 23.1 Å². The molecule has 0 heterocycles. The maximum absolute atomic E-state index is 12.4. The number of rotatable bonds is 5. The molecule has 25 heavy (non-hydrogen) atoms. The Morgan fingerprint density at radius 2 is 1.84 bits per heavy atom. The molecule has 132 valence electrons. The minimum absolute atomic E-state index is 0.0198. The highest BCUT2D eigenvalue weighted by molar-refractivity contribution is 7.92. The molecule has 0 fully saturated rings. The average molecular weight is 385 g/mol. The van der Waals surface area contributed by atoms with Crippen LogP contribution in [0.3, 0.4) is 0 Å². The molecule has 0 spiro atoms. The van der Waals surface area contributed by atoms with Crippen molar-refractivity contribution in [2.45, 2.75) is 4.90 Å². The van der Waals surface area contributed by atoms with E-state index in [1.807, 2.05) is 0 Å². The van der Waals surface area contributed by atoms with E-state index in [4.69, 9.17) is 17.3 Å². The quantitative estimate of drug-likeness (QED) is 0.671. The van der Waals surface area contributed by atoms with Crippen LogP contribution in [0.15, 0.2) is 41.3 Å². The zero-order chi connectivity index (χ0) is 18.8. The molecule has 1 amide bonds. The van der Waals surface area contributed by atoms with E-state index in [0.717, 1.165) is 25.3 Å². The number of carbonyl (C=O) groups excluding carboxylic acids is 2. The lowest BCUT2D eigenvalue weighted by molar-refractivity contribution is 0.0597. The van der Waals surface area contributed by atoms with Gasteiger partial charge >= 0.3 is 5.97 Å². The zero-order valence-corrected chi connectivity index (χ0v) is 14.4. The van der Waals surface area contributed by atoms with Gasteiger partial charge in [0, 0.05) is 0 Å². The second-order valence-corrected chi connectivity index (χ2v) is 6.92. The molecule has 0 saturated carbocycles. The number of methoxy groups -OCH3 is 1. The predicted octanol–water partition coefficient (Wildman–Crippen LogP) is 1.73. The van der Waals surface area contributed by atoms with Crippen LogP contribution in [-0.2, 0) is 14.8 Å². The van der Waals surface area contributed by atoms with E-state index >= 15 is 0 Å². The molecule has 2 aromatic carbocycles. The van der Waals surface area contributed by atoms with Crippen LogP contribution in [0, 0.1) is 0 Å². The van der Waals surface area contributed by atoms with Gasteiger partial charge in [-0.15, -0.1) is 0 Å². The molecule has 4 N–H and O–H groups in total. The van der Waals surface area contributed by atoms with E-state index < -0.39 is 27.6 Å². The highest BCUT2D eigenvalue weighted by atomic mass is 35.5. The fourth-order valence-electron chi connectivity index (χ4n) is 1.95. The Balaban J connectivity index is 2.38. The number of ether oxygens (including phenoxy) is 1. The number of phenols is 1. The summed E-state index contributed by atoms with van der Waals surface area (Å²) in [4.78, 5) is 22.4. The molecular weight excluding hydrogens is 372 g/mol. The largest absolute Gasteiger partial charge is 0.507 e. The number of hydrogen-bond acceptors (Lipinski definition) is 6. The van der Waals surface area contributed by atoms with Gasteiger partial charge in [0.25, 0.3) is 10.0 Å². The van der Waals surface area contributed by atoms with Crippen LogP contribution in [0.5, 0.6) is 5.75 Å². The Morgan fingerprint density at radius 1 is 1.16 bits per heavy atom. The van der Waals surface area contributed by atoms with E-state index in [0.29, 0.717) is 0 Å². The number of halogens is 1. The van der Waals surface area contributed by atoms with Gasteiger partial charge in [0.2, 0.25) is 5.91 Å². The van der Waals surface area contributed by atoms with Crippen molar-refractivity contribution >= 4 is 39.2 Å². The van der Waals surface area contributed by atoms with Gasteiger partial charge in [-0.1, -0.05) is 11.6 Å². The summed E-state index contributed by atoms with van der Waals surface area (Å²) < 4.78 is 31.6. The number of nitrogens with one attached hydrogen (secondary N) is 1. The molecule has 0 aliphatic carbocycles. The van der Waals surface area contributed by atoms with Gasteiger partial charge in [0.05, 0.1) is 28.3 Å². The van der Waals surface area contributed by atoms with Crippen LogP contribution in [0.2, 0.25) is 5.02 Å². The monoisotopic (exact) mass is 384 g/mol. The number of phenolic OH excluding ortho intramolecular Hbond substituents is 1. The van der Waals surface area contributed by atoms with Crippen LogP contribution in [0.1, 0.15) is 20.7 Å². The molecule has 2 aromatic rings. The molecule has 0 saturated heterocycles. The predicted molar refractivity (Wildman–Crippen MR) is 90.2 cm³/mol. The second kappa shape index (κ2) is 6.99. The summed E-state index contributed by atoms with van der Waals surface area (Å²) >= 11 is 5.88. The third-order valence-electron chi connectivity index (χ3n) is 3.17. The van der Waals surface area contributed by atoms with Gasteiger partial charge in [-0.05, 0) is 36.4 Å². The molecule has 0 aliphatic rings. The molecule has 10 heteroatoms. The highest BCUT2D eigenvalue weighted by Crippen LogP contribution is 2.26. The number of carbonyl (C=O) groups is 2. The SMILES string of the molecule is COC(=O)c1cc(S(=O)(=O)Nc2ccc(C(N)=O)c(Cl)c2)ccc1O. The molecule has 8 nitrogen and oxygen atoms in total. The zero-order valence-electron chi connectivity index (χ0n) is 12.8. The molecule has 0 bridgehead atoms. The summed E-state index contributed by atoms with van der Waals surface area (Å²) in [5.41, 5.74) is 4.96. The molecule has 0 atom stereocenters. The normalized spacial score (nSPS) is 11.0. The number of aromatic hydroxyl groups is 1. The van der Waals surface area contributed by atoms with Gasteiger partial charge in [-0.25, -0.2) is 13.2 Å². The van der Waals surface area contributed by atoms with Crippen molar-refractivity contribution in [1.82, 2.24) is 0 Å². The third kappa shape index (κ3) is 4.01. The van der Waals surface area contributed by atoms with Gasteiger partial charge in [0.15, 0.2) is 0 Å². The lowest BCUT2D eigenvalue weighted by Crippen LogP contribution is -2.15. The van der Waals surface area contributed by atoms with Crippen LogP contribution >= 0.6 is 11.6 Å². The number of amides is 1. The van der Waals surface area contributed by atoms with Crippen molar-refractivity contribution < 1.29 is 27.9 Å². The third-order valence-corrected chi connectivity index (χ3v) is 4.86. The summed E-state index contributed by atoms with van der Waals surface area (Å²) in [7, 11) is -2.99. The Labute approximate surface area is 148 Å². The first kappa shape index (κ1) is 18.6. The van der Waals surface area contributed by atoms with E-state index in [1.54, 1.807) is 0 Å². The molecular formula is C15H13ClN2O6S. The number of esters is 1. The van der Waals surface area contributed by atoms with E-state index in [2.05, 4.69) is 9.46 Å². The Hall–Kier alpha value is -2.78. The molecule has 2 rings (SSSR count). The van der Waals surface area contributed by atoms with Crippen LogP contribution in [0.25, 0.3) is 0 Å². The maximum atomic E-state index is 12.4. The van der Waals surface area contributed by atoms with E-state index in [-0.39, 0.29) is 26.7 Å².